The van der Waals surface area contributed by atoms with E-state index in [0.29, 0.717) is 18.4 Å². The minimum absolute atomic E-state index is 0.0603. The number of anilines is 1. The van der Waals surface area contributed by atoms with Crippen molar-refractivity contribution >= 4 is 22.4 Å². The summed E-state index contributed by atoms with van der Waals surface area (Å²) < 4.78 is 0. The number of amides is 1. The summed E-state index contributed by atoms with van der Waals surface area (Å²) in [6, 6.07) is 0. The second-order valence-corrected chi connectivity index (χ2v) is 6.47. The molecule has 2 atom stereocenters. The Morgan fingerprint density at radius 3 is 2.89 bits per heavy atom. The number of nitrogens with zero attached hydrogens (tertiary/aromatic N) is 1. The summed E-state index contributed by atoms with van der Waals surface area (Å²) >= 11 is 1.50. The van der Waals surface area contributed by atoms with Crippen LogP contribution in [0.1, 0.15) is 51.1 Å². The molecule has 1 aromatic heterocycles. The molecule has 0 aromatic carbocycles. The Morgan fingerprint density at radius 1 is 1.53 bits per heavy atom. The molecule has 0 bridgehead atoms. The Kier molecular flexibility index (Phi) is 4.93. The lowest BCUT2D eigenvalue weighted by Crippen LogP contribution is -2.35. The predicted molar refractivity (Wildman–Crippen MR) is 79.3 cm³/mol. The van der Waals surface area contributed by atoms with Gasteiger partial charge in [-0.3, -0.25) is 4.79 Å². The maximum atomic E-state index is 12.3. The van der Waals surface area contributed by atoms with E-state index in [0.717, 1.165) is 30.1 Å². The average molecular weight is 281 g/mol. The van der Waals surface area contributed by atoms with Crippen molar-refractivity contribution in [3.63, 3.8) is 0 Å². The van der Waals surface area contributed by atoms with E-state index in [-0.39, 0.29) is 11.8 Å². The summed E-state index contributed by atoms with van der Waals surface area (Å²) in [4.78, 5) is 16.8. The van der Waals surface area contributed by atoms with Crippen molar-refractivity contribution in [2.24, 2.45) is 17.6 Å². The largest absolute Gasteiger partial charge is 0.330 e. The fraction of sp³-hybridized carbons (Fsp3) is 0.714. The van der Waals surface area contributed by atoms with Crippen LogP contribution in [0.4, 0.5) is 5.13 Å². The molecule has 2 rings (SSSR count). The zero-order chi connectivity index (χ0) is 13.8. The highest BCUT2D eigenvalue weighted by atomic mass is 32.1. The number of thiazole rings is 1. The summed E-state index contributed by atoms with van der Waals surface area (Å²) in [6.45, 7) is 4.81. The Hall–Kier alpha value is -0.940. The highest BCUT2D eigenvalue weighted by Crippen LogP contribution is 2.31. The van der Waals surface area contributed by atoms with Gasteiger partial charge in [-0.1, -0.05) is 26.7 Å². The molecular weight excluding hydrogens is 258 g/mol. The molecule has 0 radical (unpaired) electrons. The van der Waals surface area contributed by atoms with Crippen molar-refractivity contribution in [1.82, 2.24) is 4.98 Å². The van der Waals surface area contributed by atoms with Crippen LogP contribution in [0.5, 0.6) is 0 Å². The van der Waals surface area contributed by atoms with Crippen molar-refractivity contribution in [1.29, 1.82) is 0 Å². The van der Waals surface area contributed by atoms with Crippen LogP contribution < -0.4 is 11.1 Å². The van der Waals surface area contributed by atoms with Gasteiger partial charge in [-0.15, -0.1) is 11.3 Å². The third-order valence-electron chi connectivity index (χ3n) is 3.89. The number of carbonyl (C=O) groups excluding carboxylic acids is 1. The summed E-state index contributed by atoms with van der Waals surface area (Å²) in [7, 11) is 0. The second-order valence-electron chi connectivity index (χ2n) is 5.61. The van der Waals surface area contributed by atoms with Crippen LogP contribution in [0.2, 0.25) is 0 Å². The number of aromatic nitrogens is 1. The van der Waals surface area contributed by atoms with E-state index in [9.17, 15) is 4.79 Å². The van der Waals surface area contributed by atoms with E-state index in [1.807, 2.05) is 5.38 Å². The first-order chi connectivity index (χ1) is 9.11. The Morgan fingerprint density at radius 2 is 2.26 bits per heavy atom. The third kappa shape index (κ3) is 3.54. The van der Waals surface area contributed by atoms with Crippen LogP contribution in [-0.2, 0) is 4.79 Å². The quantitative estimate of drug-likeness (QED) is 0.891. The van der Waals surface area contributed by atoms with E-state index in [1.165, 1.54) is 17.8 Å². The minimum Gasteiger partial charge on any atom is -0.330 e. The van der Waals surface area contributed by atoms with Gasteiger partial charge in [0.2, 0.25) is 5.91 Å². The zero-order valence-electron chi connectivity index (χ0n) is 11.7. The summed E-state index contributed by atoms with van der Waals surface area (Å²) in [6.07, 6.45) is 4.35. The lowest BCUT2D eigenvalue weighted by molar-refractivity contribution is -0.122. The van der Waals surface area contributed by atoms with E-state index in [4.69, 9.17) is 5.73 Å². The highest BCUT2D eigenvalue weighted by Gasteiger charge is 2.30. The van der Waals surface area contributed by atoms with Crippen molar-refractivity contribution in [3.05, 3.63) is 11.1 Å². The maximum Gasteiger partial charge on any atom is 0.229 e. The van der Waals surface area contributed by atoms with Gasteiger partial charge < -0.3 is 11.1 Å². The number of carbonyl (C=O) groups is 1. The standard InChI is InChI=1S/C14H23N3OS/c1-9(2)12-8-19-14(16-12)17-13(18)11-6-4-3-5-10(11)7-15/h8-11H,3-7,15H2,1-2H3,(H,16,17,18). The van der Waals surface area contributed by atoms with Crippen LogP contribution in [-0.4, -0.2) is 17.4 Å². The van der Waals surface area contributed by atoms with Crippen molar-refractivity contribution < 1.29 is 4.79 Å². The van der Waals surface area contributed by atoms with Gasteiger partial charge in [0.25, 0.3) is 0 Å². The van der Waals surface area contributed by atoms with Gasteiger partial charge in [0.05, 0.1) is 5.69 Å². The lowest BCUT2D eigenvalue weighted by atomic mass is 9.79. The fourth-order valence-corrected chi connectivity index (χ4v) is 3.52. The predicted octanol–water partition coefficient (Wildman–Crippen LogP) is 2.97. The summed E-state index contributed by atoms with van der Waals surface area (Å²) in [5.41, 5.74) is 6.82. The van der Waals surface area contributed by atoms with Crippen LogP contribution in [0.3, 0.4) is 0 Å². The lowest BCUT2D eigenvalue weighted by Gasteiger charge is -2.29. The minimum atomic E-state index is 0.0603. The molecule has 3 N–H and O–H groups in total. The van der Waals surface area contributed by atoms with Gasteiger partial charge in [0, 0.05) is 11.3 Å². The van der Waals surface area contributed by atoms with Crippen LogP contribution in [0.25, 0.3) is 0 Å². The molecule has 0 saturated heterocycles. The Bertz CT molecular complexity index is 430. The fourth-order valence-electron chi connectivity index (χ4n) is 2.64. The zero-order valence-corrected chi connectivity index (χ0v) is 12.5. The molecule has 1 amide bonds. The molecular formula is C14H23N3OS. The molecule has 1 saturated carbocycles. The number of hydrogen-bond acceptors (Lipinski definition) is 4. The van der Waals surface area contributed by atoms with Crippen LogP contribution in [0, 0.1) is 11.8 Å². The molecule has 1 heterocycles. The molecule has 2 unspecified atom stereocenters. The second kappa shape index (κ2) is 6.48. The number of rotatable bonds is 4. The molecule has 1 aromatic rings. The van der Waals surface area contributed by atoms with Gasteiger partial charge in [-0.2, -0.15) is 0 Å². The molecule has 4 nitrogen and oxygen atoms in total. The monoisotopic (exact) mass is 281 g/mol. The van der Waals surface area contributed by atoms with Gasteiger partial charge in [0.1, 0.15) is 0 Å². The van der Waals surface area contributed by atoms with E-state index in [2.05, 4.69) is 24.1 Å². The van der Waals surface area contributed by atoms with Gasteiger partial charge >= 0.3 is 0 Å². The first-order valence-electron chi connectivity index (χ1n) is 7.08. The summed E-state index contributed by atoms with van der Waals surface area (Å²) in [5.74, 6) is 0.886. The molecule has 5 heteroatoms. The number of hydrogen-bond donors (Lipinski definition) is 2. The van der Waals surface area contributed by atoms with Crippen LogP contribution in [0.15, 0.2) is 5.38 Å². The molecule has 0 spiro atoms. The Labute approximate surface area is 118 Å². The first-order valence-corrected chi connectivity index (χ1v) is 7.96. The molecule has 19 heavy (non-hydrogen) atoms. The third-order valence-corrected chi connectivity index (χ3v) is 4.67. The van der Waals surface area contributed by atoms with E-state index in [1.54, 1.807) is 0 Å². The van der Waals surface area contributed by atoms with E-state index >= 15 is 0 Å². The van der Waals surface area contributed by atoms with Crippen molar-refractivity contribution in [3.8, 4) is 0 Å². The average Bonchev–Trinajstić information content (AvgIpc) is 2.87. The first kappa shape index (κ1) is 14.5. The molecule has 1 aliphatic carbocycles. The van der Waals surface area contributed by atoms with Gasteiger partial charge in [-0.05, 0) is 31.2 Å². The summed E-state index contributed by atoms with van der Waals surface area (Å²) in [5, 5.41) is 5.70. The molecule has 106 valence electrons. The van der Waals surface area contributed by atoms with Crippen molar-refractivity contribution in [2.75, 3.05) is 11.9 Å². The topological polar surface area (TPSA) is 68.0 Å². The maximum absolute atomic E-state index is 12.3. The number of nitrogens with two attached hydrogens (primary N) is 1. The van der Waals surface area contributed by atoms with Crippen molar-refractivity contribution in [2.45, 2.75) is 45.4 Å². The molecule has 0 aliphatic heterocycles. The number of nitrogens with one attached hydrogen (secondary N) is 1. The van der Waals surface area contributed by atoms with Gasteiger partial charge in [-0.25, -0.2) is 4.98 Å². The highest BCUT2D eigenvalue weighted by molar-refractivity contribution is 7.13. The van der Waals surface area contributed by atoms with Gasteiger partial charge in [0.15, 0.2) is 5.13 Å². The smallest absolute Gasteiger partial charge is 0.229 e. The molecule has 1 fully saturated rings. The SMILES string of the molecule is CC(C)c1csc(NC(=O)C2CCCCC2CN)n1. The Balaban J connectivity index is 1.99. The molecule has 1 aliphatic rings. The van der Waals surface area contributed by atoms with E-state index < -0.39 is 0 Å². The normalized spacial score (nSPS) is 23.6. The van der Waals surface area contributed by atoms with Crippen LogP contribution >= 0.6 is 11.3 Å².